The maximum atomic E-state index is 13.6. The van der Waals surface area contributed by atoms with Crippen LogP contribution >= 0.6 is 15.9 Å². The van der Waals surface area contributed by atoms with Crippen molar-refractivity contribution in [3.05, 3.63) is 45.0 Å². The van der Waals surface area contributed by atoms with Gasteiger partial charge in [0.1, 0.15) is 5.75 Å². The lowest BCUT2D eigenvalue weighted by Crippen LogP contribution is -2.42. The first-order chi connectivity index (χ1) is 17.4. The van der Waals surface area contributed by atoms with E-state index in [1.54, 1.807) is 11.0 Å². The molecule has 0 aromatic heterocycles. The molecule has 0 spiro atoms. The fraction of sp³-hybridized carbons (Fsp3) is 0.600. The number of allylic oxidation sites excluding steroid dienone is 2. The molecule has 2 aliphatic carbocycles. The second-order valence-corrected chi connectivity index (χ2v) is 12.0. The lowest BCUT2D eigenvalue weighted by Gasteiger charge is -2.31. The summed E-state index contributed by atoms with van der Waals surface area (Å²) in [6.45, 7) is 4.85. The van der Waals surface area contributed by atoms with Crippen LogP contribution in [0.2, 0.25) is 0 Å². The number of aromatic hydroxyl groups is 1. The van der Waals surface area contributed by atoms with Crippen molar-refractivity contribution in [3.8, 4) is 5.75 Å². The Labute approximate surface area is 223 Å². The first-order valence-electron chi connectivity index (χ1n) is 13.7. The van der Waals surface area contributed by atoms with Gasteiger partial charge in [-0.15, -0.1) is 0 Å². The topological polar surface area (TPSA) is 66.8 Å². The van der Waals surface area contributed by atoms with Gasteiger partial charge in [-0.3, -0.25) is 14.5 Å². The summed E-state index contributed by atoms with van der Waals surface area (Å²) in [5, 5.41) is 10.3. The van der Waals surface area contributed by atoms with Crippen LogP contribution in [0.3, 0.4) is 0 Å². The molecule has 5 rings (SSSR count). The van der Waals surface area contributed by atoms with E-state index in [4.69, 9.17) is 4.74 Å². The van der Waals surface area contributed by atoms with E-state index in [2.05, 4.69) is 35.9 Å². The Morgan fingerprint density at radius 3 is 2.67 bits per heavy atom. The molecule has 0 radical (unpaired) electrons. The minimum atomic E-state index is -0.243. The van der Waals surface area contributed by atoms with Gasteiger partial charge in [0.05, 0.1) is 24.5 Å². The van der Waals surface area contributed by atoms with Crippen LogP contribution in [0.15, 0.2) is 39.4 Å². The number of hydrogen-bond acceptors (Lipinski definition) is 4. The third-order valence-corrected chi connectivity index (χ3v) is 9.27. The van der Waals surface area contributed by atoms with E-state index in [0.717, 1.165) is 61.4 Å². The zero-order valence-corrected chi connectivity index (χ0v) is 23.1. The quantitative estimate of drug-likeness (QED) is 0.297. The molecule has 2 heterocycles. The molecule has 36 heavy (non-hydrogen) atoms. The maximum Gasteiger partial charge on any atom is 0.234 e. The molecule has 1 aromatic carbocycles. The van der Waals surface area contributed by atoms with E-state index >= 15 is 0 Å². The third-order valence-electron chi connectivity index (χ3n) is 8.77. The zero-order valence-electron chi connectivity index (χ0n) is 21.5. The standard InChI is InChI=1S/C30H38BrNO4/c1-3-7-19(15-20-16-21(31)11-12-25(20)33)10-13-26-27-18(2)14-23-28(24(27)17-36-26)30(35)32(29(23)34)22-8-5-4-6-9-22/h11-12,15-16,22-24,26,28,33H,3-10,13-14,17H2,1-2H3/b19-15+/t23-,24+,26-,28-/m1/s1. The van der Waals surface area contributed by atoms with Gasteiger partial charge in [0.25, 0.3) is 0 Å². The molecular formula is C30H38BrNO4. The van der Waals surface area contributed by atoms with Gasteiger partial charge in [-0.25, -0.2) is 0 Å². The number of nitrogens with zero attached hydrogens (tertiary/aromatic N) is 1. The predicted octanol–water partition coefficient (Wildman–Crippen LogP) is 6.79. The molecule has 1 saturated carbocycles. The summed E-state index contributed by atoms with van der Waals surface area (Å²) in [5.74, 6) is 0.00544. The lowest BCUT2D eigenvalue weighted by molar-refractivity contribution is -0.143. The Morgan fingerprint density at radius 1 is 1.14 bits per heavy atom. The van der Waals surface area contributed by atoms with Gasteiger partial charge in [0, 0.05) is 22.0 Å². The summed E-state index contributed by atoms with van der Waals surface area (Å²) in [6, 6.07) is 5.60. The van der Waals surface area contributed by atoms with Gasteiger partial charge in [0.15, 0.2) is 0 Å². The molecular weight excluding hydrogens is 518 g/mol. The number of benzene rings is 1. The van der Waals surface area contributed by atoms with Gasteiger partial charge in [-0.05, 0) is 69.2 Å². The van der Waals surface area contributed by atoms with E-state index in [0.29, 0.717) is 13.0 Å². The number of halogens is 1. The molecule has 5 nitrogen and oxygen atoms in total. The predicted molar refractivity (Wildman–Crippen MR) is 144 cm³/mol. The van der Waals surface area contributed by atoms with Crippen LogP contribution < -0.4 is 0 Å². The van der Waals surface area contributed by atoms with Crippen LogP contribution in [0.4, 0.5) is 0 Å². The van der Waals surface area contributed by atoms with Crippen LogP contribution in [0.1, 0.15) is 83.6 Å². The van der Waals surface area contributed by atoms with E-state index in [1.807, 2.05) is 12.1 Å². The Balaban J connectivity index is 1.32. The van der Waals surface area contributed by atoms with Crippen molar-refractivity contribution in [2.45, 2.75) is 90.2 Å². The Morgan fingerprint density at radius 2 is 1.92 bits per heavy atom. The van der Waals surface area contributed by atoms with Gasteiger partial charge >= 0.3 is 0 Å². The highest BCUT2D eigenvalue weighted by molar-refractivity contribution is 9.10. The van der Waals surface area contributed by atoms with Crippen LogP contribution in [-0.4, -0.2) is 40.6 Å². The number of likely N-dealkylation sites (tertiary alicyclic amines) is 1. The first kappa shape index (κ1) is 25.7. The van der Waals surface area contributed by atoms with Crippen molar-refractivity contribution in [2.75, 3.05) is 6.61 Å². The van der Waals surface area contributed by atoms with Crippen molar-refractivity contribution < 1.29 is 19.4 Å². The summed E-state index contributed by atoms with van der Waals surface area (Å²) in [4.78, 5) is 28.7. The molecule has 4 atom stereocenters. The van der Waals surface area contributed by atoms with Gasteiger partial charge in [-0.2, -0.15) is 0 Å². The fourth-order valence-corrected chi connectivity index (χ4v) is 7.50. The van der Waals surface area contributed by atoms with Crippen LogP contribution in [-0.2, 0) is 14.3 Å². The normalized spacial score (nSPS) is 29.2. The van der Waals surface area contributed by atoms with E-state index < -0.39 is 0 Å². The molecule has 1 aromatic rings. The van der Waals surface area contributed by atoms with Crippen LogP contribution in [0.5, 0.6) is 5.75 Å². The Bertz CT molecular complexity index is 1090. The van der Waals surface area contributed by atoms with Crippen molar-refractivity contribution in [3.63, 3.8) is 0 Å². The molecule has 194 valence electrons. The van der Waals surface area contributed by atoms with Crippen molar-refractivity contribution in [1.82, 2.24) is 4.90 Å². The Kier molecular flexibility index (Phi) is 7.73. The average molecular weight is 557 g/mol. The molecule has 2 amide bonds. The number of phenolic OH excluding ortho intramolecular Hbond substituents is 1. The number of carbonyl (C=O) groups excluding carboxylic acids is 2. The minimum Gasteiger partial charge on any atom is -0.507 e. The molecule has 0 unspecified atom stereocenters. The largest absolute Gasteiger partial charge is 0.507 e. The molecule has 3 fully saturated rings. The van der Waals surface area contributed by atoms with E-state index in [9.17, 15) is 14.7 Å². The molecule has 0 bridgehead atoms. The highest BCUT2D eigenvalue weighted by Gasteiger charge is 2.57. The molecule has 2 saturated heterocycles. The summed E-state index contributed by atoms with van der Waals surface area (Å²) in [5.41, 5.74) is 4.65. The number of rotatable bonds is 7. The highest BCUT2D eigenvalue weighted by atomic mass is 79.9. The summed E-state index contributed by atoms with van der Waals surface area (Å²) in [7, 11) is 0. The monoisotopic (exact) mass is 555 g/mol. The van der Waals surface area contributed by atoms with Gasteiger partial charge < -0.3 is 9.84 Å². The number of fused-ring (bicyclic) bond motifs is 3. The Hall–Kier alpha value is -1.92. The SMILES string of the molecule is CCC/C(=C\c1cc(Br)ccc1O)CC[C@H]1OC[C@H]2C1=C(C)C[C@H]1C(=O)N(C3CCCCC3)C(=O)[C@H]12. The number of ether oxygens (including phenoxy) is 1. The van der Waals surface area contributed by atoms with Crippen molar-refractivity contribution in [1.29, 1.82) is 0 Å². The molecule has 4 aliphatic rings. The third kappa shape index (κ3) is 4.83. The average Bonchev–Trinajstić information content (AvgIpc) is 3.39. The zero-order chi connectivity index (χ0) is 25.4. The lowest BCUT2D eigenvalue weighted by atomic mass is 9.70. The minimum absolute atomic E-state index is 0.000977. The number of phenols is 1. The second kappa shape index (κ2) is 10.8. The first-order valence-corrected chi connectivity index (χ1v) is 14.5. The van der Waals surface area contributed by atoms with Crippen molar-refractivity contribution in [2.24, 2.45) is 17.8 Å². The number of amides is 2. The van der Waals surface area contributed by atoms with Gasteiger partial charge in [-0.1, -0.05) is 65.8 Å². The highest BCUT2D eigenvalue weighted by Crippen LogP contribution is 2.50. The van der Waals surface area contributed by atoms with Crippen molar-refractivity contribution >= 4 is 33.8 Å². The molecule has 6 heteroatoms. The fourth-order valence-electron chi connectivity index (χ4n) is 7.12. The number of carbonyl (C=O) groups is 2. The van der Waals surface area contributed by atoms with Gasteiger partial charge in [0.2, 0.25) is 11.8 Å². The van der Waals surface area contributed by atoms with Crippen LogP contribution in [0, 0.1) is 17.8 Å². The smallest absolute Gasteiger partial charge is 0.234 e. The van der Waals surface area contributed by atoms with Crippen LogP contribution in [0.25, 0.3) is 6.08 Å². The molecule has 1 N–H and O–H groups in total. The maximum absolute atomic E-state index is 13.6. The summed E-state index contributed by atoms with van der Waals surface area (Å²) in [6.07, 6.45) is 11.9. The summed E-state index contributed by atoms with van der Waals surface area (Å²) < 4.78 is 7.28. The number of hydrogen-bond donors (Lipinski definition) is 1. The number of imide groups is 1. The summed E-state index contributed by atoms with van der Waals surface area (Å²) >= 11 is 3.50. The van der Waals surface area contributed by atoms with E-state index in [1.165, 1.54) is 23.1 Å². The molecule has 2 aliphatic heterocycles. The second-order valence-electron chi connectivity index (χ2n) is 11.1. The van der Waals surface area contributed by atoms with E-state index in [-0.39, 0.29) is 47.5 Å².